The van der Waals surface area contributed by atoms with Crippen molar-refractivity contribution in [3.8, 4) is 0 Å². The first-order valence-electron chi connectivity index (χ1n) is 8.33. The minimum Gasteiger partial charge on any atom is -0.461 e. The summed E-state index contributed by atoms with van der Waals surface area (Å²) in [6.45, 7) is 4.00. The lowest BCUT2D eigenvalue weighted by molar-refractivity contribution is 0.156. The van der Waals surface area contributed by atoms with Crippen LogP contribution in [0.3, 0.4) is 0 Å². The molecule has 0 spiro atoms. The second-order valence-corrected chi connectivity index (χ2v) is 7.01. The first-order chi connectivity index (χ1) is 11.7. The summed E-state index contributed by atoms with van der Waals surface area (Å²) in [5, 5.41) is 7.27. The van der Waals surface area contributed by atoms with Crippen molar-refractivity contribution in [2.45, 2.75) is 38.3 Å². The molecular weight excluding hydrogens is 324 g/mol. The second kappa shape index (κ2) is 7.85. The fraction of sp³-hybridized carbons (Fsp3) is 0.500. The zero-order chi connectivity index (χ0) is 16.9. The van der Waals surface area contributed by atoms with E-state index < -0.39 is 0 Å². The van der Waals surface area contributed by atoms with E-state index in [1.54, 1.807) is 18.4 Å². The molecule has 0 saturated carbocycles. The highest BCUT2D eigenvalue weighted by Crippen LogP contribution is 2.33. The van der Waals surface area contributed by atoms with Crippen LogP contribution in [0.15, 0.2) is 33.4 Å². The molecule has 0 radical (unpaired) electrons. The highest BCUT2D eigenvalue weighted by molar-refractivity contribution is 7.07. The van der Waals surface area contributed by atoms with Crippen LogP contribution in [-0.2, 0) is 11.3 Å². The lowest BCUT2D eigenvalue weighted by Gasteiger charge is -2.24. The molecule has 1 N–H and O–H groups in total. The minimum atomic E-state index is -0.00993. The average molecular weight is 348 g/mol. The SMILES string of the molecule is COCc1ccc([C@H]2CCCN2C(=O)NC[C@H](C)c2ccsc2)o1. The maximum absolute atomic E-state index is 12.6. The molecule has 2 atom stereocenters. The van der Waals surface area contributed by atoms with Crippen LogP contribution in [0.2, 0.25) is 0 Å². The number of thiophene rings is 1. The van der Waals surface area contributed by atoms with Crippen molar-refractivity contribution in [2.75, 3.05) is 20.2 Å². The van der Waals surface area contributed by atoms with Crippen molar-refractivity contribution in [2.24, 2.45) is 0 Å². The Bertz CT molecular complexity index is 653. The van der Waals surface area contributed by atoms with E-state index in [2.05, 4.69) is 29.1 Å². The highest BCUT2D eigenvalue weighted by Gasteiger charge is 2.32. The molecule has 0 bridgehead atoms. The molecule has 130 valence electrons. The number of carbonyl (C=O) groups is 1. The number of rotatable bonds is 6. The van der Waals surface area contributed by atoms with E-state index in [4.69, 9.17) is 9.15 Å². The third kappa shape index (κ3) is 3.82. The third-order valence-corrected chi connectivity index (χ3v) is 5.18. The lowest BCUT2D eigenvalue weighted by Crippen LogP contribution is -2.40. The maximum Gasteiger partial charge on any atom is 0.318 e. The average Bonchev–Trinajstić information content (AvgIpc) is 3.32. The van der Waals surface area contributed by atoms with Crippen LogP contribution in [0.4, 0.5) is 4.79 Å². The van der Waals surface area contributed by atoms with Gasteiger partial charge in [-0.1, -0.05) is 6.92 Å². The summed E-state index contributed by atoms with van der Waals surface area (Å²) in [5.74, 6) is 1.96. The van der Waals surface area contributed by atoms with E-state index in [1.165, 1.54) is 5.56 Å². The Hall–Kier alpha value is -1.79. The lowest BCUT2D eigenvalue weighted by atomic mass is 10.1. The molecule has 1 aliphatic rings. The Morgan fingerprint density at radius 2 is 2.38 bits per heavy atom. The Kier molecular flexibility index (Phi) is 5.58. The number of likely N-dealkylation sites (tertiary alicyclic amines) is 1. The number of urea groups is 1. The zero-order valence-corrected chi connectivity index (χ0v) is 15.0. The number of hydrogen-bond donors (Lipinski definition) is 1. The quantitative estimate of drug-likeness (QED) is 0.854. The molecule has 2 aromatic heterocycles. The number of carbonyl (C=O) groups excluding carboxylic acids is 1. The van der Waals surface area contributed by atoms with Gasteiger partial charge >= 0.3 is 6.03 Å². The molecule has 1 aliphatic heterocycles. The van der Waals surface area contributed by atoms with Gasteiger partial charge in [0.05, 0.1) is 6.04 Å². The van der Waals surface area contributed by atoms with Crippen molar-refractivity contribution < 1.29 is 13.9 Å². The van der Waals surface area contributed by atoms with E-state index >= 15 is 0 Å². The van der Waals surface area contributed by atoms with Crippen LogP contribution >= 0.6 is 11.3 Å². The predicted molar refractivity (Wildman–Crippen MR) is 94.2 cm³/mol. The van der Waals surface area contributed by atoms with E-state index in [1.807, 2.05) is 17.0 Å². The summed E-state index contributed by atoms with van der Waals surface area (Å²) in [4.78, 5) is 14.5. The number of hydrogen-bond acceptors (Lipinski definition) is 4. The van der Waals surface area contributed by atoms with E-state index in [0.29, 0.717) is 19.1 Å². The Balaban J connectivity index is 1.58. The van der Waals surface area contributed by atoms with Gasteiger partial charge in [-0.05, 0) is 53.3 Å². The number of methoxy groups -OCH3 is 1. The van der Waals surface area contributed by atoms with Gasteiger partial charge in [0.1, 0.15) is 18.1 Å². The van der Waals surface area contributed by atoms with Crippen LogP contribution in [0, 0.1) is 0 Å². The van der Waals surface area contributed by atoms with Crippen molar-refractivity contribution in [1.82, 2.24) is 10.2 Å². The van der Waals surface area contributed by atoms with Crippen LogP contribution in [-0.4, -0.2) is 31.1 Å². The van der Waals surface area contributed by atoms with Gasteiger partial charge in [-0.2, -0.15) is 11.3 Å². The number of nitrogens with one attached hydrogen (secondary N) is 1. The Morgan fingerprint density at radius 1 is 1.50 bits per heavy atom. The molecule has 2 aromatic rings. The highest BCUT2D eigenvalue weighted by atomic mass is 32.1. The van der Waals surface area contributed by atoms with Gasteiger partial charge in [-0.3, -0.25) is 0 Å². The first kappa shape index (κ1) is 17.0. The molecule has 1 fully saturated rings. The molecule has 0 aromatic carbocycles. The fourth-order valence-electron chi connectivity index (χ4n) is 3.11. The summed E-state index contributed by atoms with van der Waals surface area (Å²) in [6, 6.07) is 6.00. The number of amides is 2. The van der Waals surface area contributed by atoms with Gasteiger partial charge in [0.15, 0.2) is 0 Å². The van der Waals surface area contributed by atoms with Crippen LogP contribution in [0.25, 0.3) is 0 Å². The first-order valence-corrected chi connectivity index (χ1v) is 9.27. The molecule has 3 heterocycles. The molecule has 24 heavy (non-hydrogen) atoms. The molecule has 1 saturated heterocycles. The van der Waals surface area contributed by atoms with Crippen molar-refractivity contribution in [3.63, 3.8) is 0 Å². The number of furan rings is 1. The number of nitrogens with zero attached hydrogens (tertiary/aromatic N) is 1. The summed E-state index contributed by atoms with van der Waals surface area (Å²) in [6.07, 6.45) is 1.94. The largest absolute Gasteiger partial charge is 0.461 e. The Labute approximate surface area is 146 Å². The van der Waals surface area contributed by atoms with E-state index in [-0.39, 0.29) is 12.1 Å². The van der Waals surface area contributed by atoms with E-state index in [9.17, 15) is 4.79 Å². The van der Waals surface area contributed by atoms with Crippen molar-refractivity contribution >= 4 is 17.4 Å². The topological polar surface area (TPSA) is 54.7 Å². The van der Waals surface area contributed by atoms with Crippen LogP contribution in [0.5, 0.6) is 0 Å². The maximum atomic E-state index is 12.6. The molecule has 2 amide bonds. The predicted octanol–water partition coefficient (Wildman–Crippen LogP) is 4.14. The Morgan fingerprint density at radius 3 is 3.12 bits per heavy atom. The van der Waals surface area contributed by atoms with E-state index in [0.717, 1.165) is 30.9 Å². The van der Waals surface area contributed by atoms with Gasteiger partial charge < -0.3 is 19.4 Å². The van der Waals surface area contributed by atoms with Crippen LogP contribution < -0.4 is 5.32 Å². The van der Waals surface area contributed by atoms with Gasteiger partial charge in [0, 0.05) is 20.2 Å². The van der Waals surface area contributed by atoms with Crippen LogP contribution in [0.1, 0.15) is 48.8 Å². The molecule has 3 rings (SSSR count). The monoisotopic (exact) mass is 348 g/mol. The normalized spacial score (nSPS) is 18.8. The summed E-state index contributed by atoms with van der Waals surface area (Å²) in [7, 11) is 1.65. The minimum absolute atomic E-state index is 0.00993. The van der Waals surface area contributed by atoms with Gasteiger partial charge in [-0.25, -0.2) is 4.79 Å². The summed E-state index contributed by atoms with van der Waals surface area (Å²) < 4.78 is 10.9. The number of ether oxygens (including phenoxy) is 1. The molecule has 6 heteroatoms. The molecule has 5 nitrogen and oxygen atoms in total. The van der Waals surface area contributed by atoms with Gasteiger partial charge in [-0.15, -0.1) is 0 Å². The second-order valence-electron chi connectivity index (χ2n) is 6.23. The summed E-state index contributed by atoms with van der Waals surface area (Å²) >= 11 is 1.69. The standard InChI is InChI=1S/C18H24N2O3S/c1-13(14-7-9-24-12-14)10-19-18(21)20-8-3-4-16(20)17-6-5-15(23-17)11-22-2/h5-7,9,12-13,16H,3-4,8,10-11H2,1-2H3,(H,19,21)/t13-,16+/m0/s1. The molecule has 0 unspecified atom stereocenters. The van der Waals surface area contributed by atoms with Gasteiger partial charge in [0.2, 0.25) is 0 Å². The van der Waals surface area contributed by atoms with Crippen molar-refractivity contribution in [1.29, 1.82) is 0 Å². The zero-order valence-electron chi connectivity index (χ0n) is 14.2. The third-order valence-electron chi connectivity index (χ3n) is 4.48. The molecule has 0 aliphatic carbocycles. The molecular formula is C18H24N2O3S. The smallest absolute Gasteiger partial charge is 0.318 e. The van der Waals surface area contributed by atoms with Crippen molar-refractivity contribution in [3.05, 3.63) is 46.0 Å². The summed E-state index contributed by atoms with van der Waals surface area (Å²) in [5.41, 5.74) is 1.27. The van der Waals surface area contributed by atoms with Gasteiger partial charge in [0.25, 0.3) is 0 Å². The fourth-order valence-corrected chi connectivity index (χ4v) is 3.90.